The van der Waals surface area contributed by atoms with Gasteiger partial charge in [0.1, 0.15) is 0 Å². The van der Waals surface area contributed by atoms with Crippen molar-refractivity contribution in [1.29, 1.82) is 0 Å². The zero-order valence-electron chi connectivity index (χ0n) is 15.3. The summed E-state index contributed by atoms with van der Waals surface area (Å²) in [5, 5.41) is 3.42. The van der Waals surface area contributed by atoms with Crippen LogP contribution in [-0.2, 0) is 11.3 Å². The number of thioether (sulfide) groups is 1. The number of nitrogens with one attached hydrogen (secondary N) is 1. The van der Waals surface area contributed by atoms with Gasteiger partial charge in [-0.25, -0.2) is 0 Å². The fourth-order valence-electron chi connectivity index (χ4n) is 2.80. The molecule has 0 radical (unpaired) electrons. The van der Waals surface area contributed by atoms with E-state index in [0.29, 0.717) is 0 Å². The van der Waals surface area contributed by atoms with Crippen LogP contribution in [-0.4, -0.2) is 55.2 Å². The maximum atomic E-state index is 5.53. The minimum atomic E-state index is 0. The van der Waals surface area contributed by atoms with E-state index in [1.165, 1.54) is 5.56 Å². The molecule has 25 heavy (non-hydrogen) atoms. The molecule has 1 N–H and O–H groups in total. The summed E-state index contributed by atoms with van der Waals surface area (Å²) in [7, 11) is 2.10. The first-order valence-corrected chi connectivity index (χ1v) is 10.5. The van der Waals surface area contributed by atoms with Crippen molar-refractivity contribution >= 4 is 57.6 Å². The van der Waals surface area contributed by atoms with Crippen LogP contribution in [0.15, 0.2) is 33.7 Å². The zero-order valence-corrected chi connectivity index (χ0v) is 20.0. The van der Waals surface area contributed by atoms with Crippen LogP contribution in [0.5, 0.6) is 0 Å². The Labute approximate surface area is 181 Å². The van der Waals surface area contributed by atoms with Gasteiger partial charge in [0.15, 0.2) is 5.96 Å². The van der Waals surface area contributed by atoms with E-state index < -0.39 is 0 Å². The molecule has 1 aliphatic heterocycles. The maximum Gasteiger partial charge on any atom is 0.194 e. The molecule has 1 heterocycles. The third-order valence-electron chi connectivity index (χ3n) is 4.38. The molecule has 1 aromatic rings. The molecule has 1 saturated heterocycles. The summed E-state index contributed by atoms with van der Waals surface area (Å²) in [5.41, 5.74) is 1.27. The average molecular weight is 542 g/mol. The van der Waals surface area contributed by atoms with Crippen molar-refractivity contribution in [3.8, 4) is 0 Å². The maximum absolute atomic E-state index is 5.53. The van der Waals surface area contributed by atoms with Crippen LogP contribution in [0.2, 0.25) is 0 Å². The smallest absolute Gasteiger partial charge is 0.194 e. The van der Waals surface area contributed by atoms with Crippen molar-refractivity contribution in [2.75, 3.05) is 39.6 Å². The molecule has 7 heteroatoms. The first-order valence-electron chi connectivity index (χ1n) is 8.45. The summed E-state index contributed by atoms with van der Waals surface area (Å²) in [6, 6.07) is 8.45. The minimum absolute atomic E-state index is 0. The van der Waals surface area contributed by atoms with E-state index in [2.05, 4.69) is 70.6 Å². The lowest BCUT2D eigenvalue weighted by molar-refractivity contribution is 0.0793. The average Bonchev–Trinajstić information content (AvgIpc) is 2.61. The van der Waals surface area contributed by atoms with Gasteiger partial charge in [0, 0.05) is 42.6 Å². The van der Waals surface area contributed by atoms with Crippen LogP contribution in [0.25, 0.3) is 0 Å². The van der Waals surface area contributed by atoms with E-state index in [1.807, 2.05) is 11.8 Å². The summed E-state index contributed by atoms with van der Waals surface area (Å²) in [5.74, 6) is 0.973. The van der Waals surface area contributed by atoms with Gasteiger partial charge in [-0.3, -0.25) is 4.99 Å². The number of hydrogen-bond acceptors (Lipinski definition) is 3. The Bertz CT molecular complexity index is 536. The molecule has 142 valence electrons. The summed E-state index contributed by atoms with van der Waals surface area (Å²) in [4.78, 5) is 7.13. The highest BCUT2D eigenvalue weighted by atomic mass is 127. The second-order valence-corrected chi connectivity index (χ2v) is 8.34. The molecule has 1 aromatic carbocycles. The Hall–Kier alpha value is 0.01000. The quantitative estimate of drug-likeness (QED) is 0.329. The van der Waals surface area contributed by atoms with Gasteiger partial charge in [-0.15, -0.1) is 24.0 Å². The van der Waals surface area contributed by atoms with E-state index in [0.717, 1.165) is 56.1 Å². The van der Waals surface area contributed by atoms with Crippen molar-refractivity contribution in [1.82, 2.24) is 10.2 Å². The Morgan fingerprint density at radius 2 is 1.96 bits per heavy atom. The molecule has 0 saturated carbocycles. The lowest BCUT2D eigenvalue weighted by Crippen LogP contribution is -2.41. The molecule has 1 fully saturated rings. The van der Waals surface area contributed by atoms with Gasteiger partial charge in [-0.1, -0.05) is 28.1 Å². The molecule has 0 spiro atoms. The fourth-order valence-corrected chi connectivity index (χ4v) is 3.83. The summed E-state index contributed by atoms with van der Waals surface area (Å²) in [6.07, 6.45) is 4.35. The van der Waals surface area contributed by atoms with Crippen LogP contribution < -0.4 is 5.32 Å². The third-order valence-corrected chi connectivity index (χ3v) is 6.32. The number of benzene rings is 1. The number of halogens is 2. The Kier molecular flexibility index (Phi) is 10.8. The largest absolute Gasteiger partial charge is 0.381 e. The summed E-state index contributed by atoms with van der Waals surface area (Å²) >= 11 is 5.42. The van der Waals surface area contributed by atoms with Crippen molar-refractivity contribution < 1.29 is 4.74 Å². The molecule has 1 aliphatic rings. The second-order valence-electron chi connectivity index (χ2n) is 6.15. The molecule has 4 nitrogen and oxygen atoms in total. The van der Waals surface area contributed by atoms with Crippen molar-refractivity contribution in [2.24, 2.45) is 4.99 Å². The first kappa shape index (κ1) is 23.0. The highest BCUT2D eigenvalue weighted by Gasteiger charge is 2.31. The van der Waals surface area contributed by atoms with Crippen LogP contribution >= 0.6 is 51.7 Å². The lowest BCUT2D eigenvalue weighted by atomic mass is 9.99. The molecular weight excluding hydrogens is 513 g/mol. The van der Waals surface area contributed by atoms with E-state index in [1.54, 1.807) is 0 Å². The summed E-state index contributed by atoms with van der Waals surface area (Å²) in [6.45, 7) is 6.36. The van der Waals surface area contributed by atoms with E-state index in [4.69, 9.17) is 9.73 Å². The standard InChI is InChI=1S/C18H28BrN3OS.HI/c1-4-20-17(21-14-18(24-3)9-11-23-12-10-18)22(2)13-15-5-7-16(19)8-6-15;/h5-8H,4,9-14H2,1-3H3,(H,20,21);1H. The monoisotopic (exact) mass is 541 g/mol. The predicted octanol–water partition coefficient (Wildman–Crippen LogP) is 4.38. The van der Waals surface area contributed by atoms with Crippen LogP contribution in [0.3, 0.4) is 0 Å². The predicted molar refractivity (Wildman–Crippen MR) is 123 cm³/mol. The first-order chi connectivity index (χ1) is 11.6. The highest BCUT2D eigenvalue weighted by Crippen LogP contribution is 2.34. The van der Waals surface area contributed by atoms with Crippen molar-refractivity contribution in [3.63, 3.8) is 0 Å². The van der Waals surface area contributed by atoms with Gasteiger partial charge in [0.2, 0.25) is 0 Å². The SMILES string of the molecule is CCNC(=NCC1(SC)CCOCC1)N(C)Cc1ccc(Br)cc1.I. The van der Waals surface area contributed by atoms with Gasteiger partial charge >= 0.3 is 0 Å². The molecule has 0 atom stereocenters. The molecule has 0 aromatic heterocycles. The second kappa shape index (κ2) is 11.7. The zero-order chi connectivity index (χ0) is 17.4. The molecule has 0 unspecified atom stereocenters. The van der Waals surface area contributed by atoms with Crippen molar-refractivity contribution in [3.05, 3.63) is 34.3 Å². The Morgan fingerprint density at radius 1 is 1.32 bits per heavy atom. The highest BCUT2D eigenvalue weighted by molar-refractivity contribution is 14.0. The van der Waals surface area contributed by atoms with Crippen LogP contribution in [0, 0.1) is 0 Å². The van der Waals surface area contributed by atoms with Crippen molar-refractivity contribution in [2.45, 2.75) is 31.1 Å². The summed E-state index contributed by atoms with van der Waals surface area (Å²) < 4.78 is 6.85. The molecule has 0 aliphatic carbocycles. The number of rotatable bonds is 6. The van der Waals surface area contributed by atoms with E-state index in [9.17, 15) is 0 Å². The number of aliphatic imine (C=N–C) groups is 1. The molecule has 2 rings (SSSR count). The fraction of sp³-hybridized carbons (Fsp3) is 0.611. The van der Waals surface area contributed by atoms with Gasteiger partial charge in [-0.05, 0) is 43.7 Å². The van der Waals surface area contributed by atoms with E-state index >= 15 is 0 Å². The third kappa shape index (κ3) is 7.27. The topological polar surface area (TPSA) is 36.9 Å². The number of guanidine groups is 1. The van der Waals surface area contributed by atoms with Crippen LogP contribution in [0.1, 0.15) is 25.3 Å². The normalized spacial score (nSPS) is 16.9. The van der Waals surface area contributed by atoms with Gasteiger partial charge in [0.25, 0.3) is 0 Å². The van der Waals surface area contributed by atoms with Gasteiger partial charge in [0.05, 0.1) is 6.54 Å². The molecule has 0 amide bonds. The molecule has 0 bridgehead atoms. The lowest BCUT2D eigenvalue weighted by Gasteiger charge is -2.34. The Balaban J connectivity index is 0.00000312. The van der Waals surface area contributed by atoms with E-state index in [-0.39, 0.29) is 28.7 Å². The Morgan fingerprint density at radius 3 is 2.52 bits per heavy atom. The number of hydrogen-bond donors (Lipinski definition) is 1. The van der Waals surface area contributed by atoms with Crippen LogP contribution in [0.4, 0.5) is 0 Å². The number of nitrogens with zero attached hydrogens (tertiary/aromatic N) is 2. The van der Waals surface area contributed by atoms with Gasteiger partial charge in [-0.2, -0.15) is 11.8 Å². The number of ether oxygens (including phenoxy) is 1. The van der Waals surface area contributed by atoms with Gasteiger partial charge < -0.3 is 15.0 Å². The molecular formula is C18H29BrIN3OS. The minimum Gasteiger partial charge on any atom is -0.381 e.